The number of anilines is 1. The minimum absolute atomic E-state index is 0.150. The average molecular weight is 402 g/mol. The van der Waals surface area contributed by atoms with Crippen molar-refractivity contribution in [2.45, 2.75) is 25.4 Å². The minimum Gasteiger partial charge on any atom is -0.345 e. The highest BCUT2D eigenvalue weighted by Gasteiger charge is 2.27. The summed E-state index contributed by atoms with van der Waals surface area (Å²) in [6, 6.07) is 4.71. The second kappa shape index (κ2) is 6.77. The Morgan fingerprint density at radius 2 is 2.20 bits per heavy atom. The summed E-state index contributed by atoms with van der Waals surface area (Å²) in [5.74, 6) is 0.286. The molecule has 0 spiro atoms. The molecule has 0 radical (unpaired) electrons. The highest BCUT2D eigenvalue weighted by atomic mass is 35.5. The number of hydrogen-bond acceptors (Lipinski definition) is 5. The van der Waals surface area contributed by atoms with Crippen molar-refractivity contribution >= 4 is 45.4 Å². The van der Waals surface area contributed by atoms with E-state index < -0.39 is 10.0 Å². The average Bonchev–Trinajstić information content (AvgIpc) is 3.29. The van der Waals surface area contributed by atoms with E-state index in [1.54, 1.807) is 0 Å². The van der Waals surface area contributed by atoms with Crippen LogP contribution in [0.5, 0.6) is 0 Å². The Kier molecular flexibility index (Phi) is 4.85. The molecule has 1 amide bonds. The van der Waals surface area contributed by atoms with Crippen LogP contribution in [0.3, 0.4) is 0 Å². The molecule has 0 atom stereocenters. The van der Waals surface area contributed by atoms with Crippen LogP contribution in [0.25, 0.3) is 0 Å². The molecule has 1 aromatic carbocycles. The van der Waals surface area contributed by atoms with Gasteiger partial charge in [-0.05, 0) is 43.3 Å². The molecule has 0 aliphatic heterocycles. The minimum atomic E-state index is -3.50. The molecular weight excluding hydrogens is 386 g/mol. The van der Waals surface area contributed by atoms with E-state index in [1.807, 2.05) is 4.57 Å². The van der Waals surface area contributed by atoms with Crippen molar-refractivity contribution in [3.8, 4) is 0 Å². The van der Waals surface area contributed by atoms with Gasteiger partial charge in [0, 0.05) is 11.6 Å². The predicted octanol–water partition coefficient (Wildman–Crippen LogP) is 2.23. The maximum atomic E-state index is 12.3. The smallest absolute Gasteiger partial charge is 0.251 e. The summed E-state index contributed by atoms with van der Waals surface area (Å²) in [7, 11) is -3.50. The molecule has 1 fully saturated rings. The SMILES string of the molecule is CS(=O)(=O)Nc1cc(C(=O)NCc2n[nH]c(=S)n2C2CC2)ccc1Cl. The van der Waals surface area contributed by atoms with Gasteiger partial charge in [0.2, 0.25) is 10.0 Å². The summed E-state index contributed by atoms with van der Waals surface area (Å²) >= 11 is 11.2. The third-order valence-electron chi connectivity index (χ3n) is 3.62. The van der Waals surface area contributed by atoms with Crippen molar-refractivity contribution in [2.75, 3.05) is 11.0 Å². The second-order valence-corrected chi connectivity index (χ2v) is 8.34. The van der Waals surface area contributed by atoms with E-state index in [9.17, 15) is 13.2 Å². The Morgan fingerprint density at radius 3 is 2.84 bits per heavy atom. The lowest BCUT2D eigenvalue weighted by atomic mass is 10.2. The van der Waals surface area contributed by atoms with Crippen LogP contribution in [-0.4, -0.2) is 35.3 Å². The molecule has 8 nitrogen and oxygen atoms in total. The molecular formula is C14H16ClN5O3S2. The number of aromatic nitrogens is 3. The van der Waals surface area contributed by atoms with Crippen molar-refractivity contribution in [3.63, 3.8) is 0 Å². The molecule has 0 bridgehead atoms. The summed E-state index contributed by atoms with van der Waals surface area (Å²) in [4.78, 5) is 12.3. The standard InChI is InChI=1S/C14H16ClN5O3S2/c1-25(22,23)19-11-6-8(2-5-10(11)15)13(21)16-7-12-17-18-14(24)20(12)9-3-4-9/h2,5-6,9,19H,3-4,7H2,1H3,(H,16,21)(H,18,24). The van der Waals surface area contributed by atoms with Gasteiger partial charge in [0.15, 0.2) is 10.6 Å². The molecule has 1 aliphatic carbocycles. The first-order valence-electron chi connectivity index (χ1n) is 7.46. The summed E-state index contributed by atoms with van der Waals surface area (Å²) in [6.45, 7) is 0.208. The van der Waals surface area contributed by atoms with Crippen molar-refractivity contribution in [3.05, 3.63) is 39.4 Å². The predicted molar refractivity (Wildman–Crippen MR) is 96.8 cm³/mol. The van der Waals surface area contributed by atoms with Crippen LogP contribution < -0.4 is 10.0 Å². The summed E-state index contributed by atoms with van der Waals surface area (Å²) < 4.78 is 27.4. The van der Waals surface area contributed by atoms with Crippen LogP contribution in [0, 0.1) is 4.77 Å². The molecule has 3 N–H and O–H groups in total. The Hall–Kier alpha value is -1.91. The van der Waals surface area contributed by atoms with Crippen LogP contribution in [0.4, 0.5) is 5.69 Å². The van der Waals surface area contributed by atoms with Crippen LogP contribution in [0.15, 0.2) is 18.2 Å². The van der Waals surface area contributed by atoms with Crippen LogP contribution in [-0.2, 0) is 16.6 Å². The lowest BCUT2D eigenvalue weighted by molar-refractivity contribution is 0.0949. The van der Waals surface area contributed by atoms with Gasteiger partial charge in [-0.15, -0.1) is 0 Å². The van der Waals surface area contributed by atoms with E-state index in [4.69, 9.17) is 23.8 Å². The number of H-pyrrole nitrogens is 1. The topological polar surface area (TPSA) is 109 Å². The normalized spacial score (nSPS) is 14.3. The van der Waals surface area contributed by atoms with E-state index in [1.165, 1.54) is 18.2 Å². The molecule has 1 heterocycles. The Balaban J connectivity index is 1.73. The summed E-state index contributed by atoms with van der Waals surface area (Å²) in [5.41, 5.74) is 0.431. The van der Waals surface area contributed by atoms with Gasteiger partial charge in [-0.1, -0.05) is 11.6 Å². The maximum Gasteiger partial charge on any atom is 0.251 e. The number of amides is 1. The van der Waals surface area contributed by atoms with Gasteiger partial charge >= 0.3 is 0 Å². The van der Waals surface area contributed by atoms with Crippen LogP contribution >= 0.6 is 23.8 Å². The number of carbonyl (C=O) groups excluding carboxylic acids is 1. The number of hydrogen-bond donors (Lipinski definition) is 3. The zero-order chi connectivity index (χ0) is 18.2. The number of rotatable bonds is 6. The monoisotopic (exact) mass is 401 g/mol. The third kappa shape index (κ3) is 4.39. The third-order valence-corrected chi connectivity index (χ3v) is 4.83. The maximum absolute atomic E-state index is 12.3. The quantitative estimate of drug-likeness (QED) is 0.643. The Bertz CT molecular complexity index is 979. The fourth-order valence-corrected chi connectivity index (χ4v) is 3.47. The van der Waals surface area contributed by atoms with Gasteiger partial charge in [0.05, 0.1) is 23.5 Å². The molecule has 1 aromatic heterocycles. The molecule has 25 heavy (non-hydrogen) atoms. The zero-order valence-electron chi connectivity index (χ0n) is 13.2. The molecule has 0 unspecified atom stereocenters. The number of halogens is 1. The molecule has 3 rings (SSSR count). The number of nitrogens with zero attached hydrogens (tertiary/aromatic N) is 2. The van der Waals surface area contributed by atoms with Gasteiger partial charge in [-0.2, -0.15) is 5.10 Å². The highest BCUT2D eigenvalue weighted by Crippen LogP contribution is 2.35. The van der Waals surface area contributed by atoms with Gasteiger partial charge in [-0.3, -0.25) is 19.2 Å². The fourth-order valence-electron chi connectivity index (χ4n) is 2.38. The first-order valence-corrected chi connectivity index (χ1v) is 10.1. The van der Waals surface area contributed by atoms with E-state index in [2.05, 4.69) is 20.2 Å². The van der Waals surface area contributed by atoms with Gasteiger partial charge < -0.3 is 5.32 Å². The lowest BCUT2D eigenvalue weighted by Crippen LogP contribution is -2.25. The molecule has 2 aromatic rings. The zero-order valence-corrected chi connectivity index (χ0v) is 15.6. The van der Waals surface area contributed by atoms with Gasteiger partial charge in [0.1, 0.15) is 0 Å². The first kappa shape index (κ1) is 17.9. The van der Waals surface area contributed by atoms with E-state index in [-0.39, 0.29) is 28.7 Å². The summed E-state index contributed by atoms with van der Waals surface area (Å²) in [5, 5.41) is 9.83. The fraction of sp³-hybridized carbons (Fsp3) is 0.357. The number of benzene rings is 1. The molecule has 0 saturated heterocycles. The molecule has 11 heteroatoms. The molecule has 134 valence electrons. The van der Waals surface area contributed by atoms with Gasteiger partial charge in [0.25, 0.3) is 5.91 Å². The Labute approximate surface area is 154 Å². The van der Waals surface area contributed by atoms with E-state index >= 15 is 0 Å². The van der Waals surface area contributed by atoms with E-state index in [0.29, 0.717) is 16.6 Å². The summed E-state index contributed by atoms with van der Waals surface area (Å²) in [6.07, 6.45) is 3.11. The largest absolute Gasteiger partial charge is 0.345 e. The lowest BCUT2D eigenvalue weighted by Gasteiger charge is -2.10. The second-order valence-electron chi connectivity index (χ2n) is 5.80. The number of nitrogens with one attached hydrogen (secondary N) is 3. The molecule has 1 saturated carbocycles. The van der Waals surface area contributed by atoms with Crippen LogP contribution in [0.2, 0.25) is 5.02 Å². The van der Waals surface area contributed by atoms with E-state index in [0.717, 1.165) is 19.1 Å². The number of sulfonamides is 1. The van der Waals surface area contributed by atoms with Crippen molar-refractivity contribution in [2.24, 2.45) is 0 Å². The Morgan fingerprint density at radius 1 is 1.48 bits per heavy atom. The number of aromatic amines is 1. The van der Waals surface area contributed by atoms with Crippen molar-refractivity contribution < 1.29 is 13.2 Å². The van der Waals surface area contributed by atoms with Gasteiger partial charge in [-0.25, -0.2) is 8.42 Å². The highest BCUT2D eigenvalue weighted by molar-refractivity contribution is 7.92. The number of carbonyl (C=O) groups is 1. The molecule has 1 aliphatic rings. The van der Waals surface area contributed by atoms with Crippen LogP contribution in [0.1, 0.15) is 35.1 Å². The first-order chi connectivity index (χ1) is 11.7. The van der Waals surface area contributed by atoms with Crippen molar-refractivity contribution in [1.82, 2.24) is 20.1 Å². The van der Waals surface area contributed by atoms with Crippen molar-refractivity contribution in [1.29, 1.82) is 0 Å².